The van der Waals surface area contributed by atoms with Crippen molar-refractivity contribution in [1.29, 1.82) is 0 Å². The lowest BCUT2D eigenvalue weighted by atomic mass is 10.1. The van der Waals surface area contributed by atoms with Crippen LogP contribution >= 0.6 is 0 Å². The third-order valence-electron chi connectivity index (χ3n) is 2.20. The van der Waals surface area contributed by atoms with Gasteiger partial charge in [0, 0.05) is 5.56 Å². The molecule has 1 aromatic heterocycles. The van der Waals surface area contributed by atoms with Crippen LogP contribution in [-0.2, 0) is 0 Å². The van der Waals surface area contributed by atoms with Crippen LogP contribution in [0.15, 0.2) is 36.5 Å². The first-order valence-electron chi connectivity index (χ1n) is 4.72. The molecule has 2 aromatic rings. The van der Waals surface area contributed by atoms with Crippen LogP contribution in [0.2, 0.25) is 0 Å². The highest BCUT2D eigenvalue weighted by Gasteiger charge is 2.14. The Labute approximate surface area is 95.4 Å². The number of hydrogen-bond acceptors (Lipinski definition) is 2. The number of rotatable bonds is 2. The second kappa shape index (κ2) is 4.29. The quantitative estimate of drug-likeness (QED) is 0.870. The van der Waals surface area contributed by atoms with Crippen molar-refractivity contribution in [3.05, 3.63) is 53.7 Å². The minimum atomic E-state index is -1.28. The Balaban J connectivity index is 2.58. The van der Waals surface area contributed by atoms with E-state index < -0.39 is 17.6 Å². The molecule has 17 heavy (non-hydrogen) atoms. The Bertz CT molecular complexity index is 567. The van der Waals surface area contributed by atoms with Crippen molar-refractivity contribution in [3.63, 3.8) is 0 Å². The molecule has 0 aliphatic rings. The maximum absolute atomic E-state index is 12.9. The fraction of sp³-hybridized carbons (Fsp3) is 0. The molecule has 1 N–H and O–H groups in total. The van der Waals surface area contributed by atoms with Gasteiger partial charge in [0.1, 0.15) is 11.6 Å². The van der Waals surface area contributed by atoms with E-state index in [1.165, 1.54) is 24.3 Å². The topological polar surface area (TPSA) is 50.2 Å². The molecule has 0 amide bonds. The van der Waals surface area contributed by atoms with Gasteiger partial charge in [-0.2, -0.15) is 0 Å². The second-order valence-corrected chi connectivity index (χ2v) is 3.36. The lowest BCUT2D eigenvalue weighted by Crippen LogP contribution is -2.02. The summed E-state index contributed by atoms with van der Waals surface area (Å²) in [5.41, 5.74) is 0.277. The van der Waals surface area contributed by atoms with Crippen molar-refractivity contribution in [1.82, 2.24) is 4.98 Å². The third-order valence-corrected chi connectivity index (χ3v) is 2.20. The number of carboxylic acids is 1. The molecule has 0 fully saturated rings. The number of nitrogens with zero attached hydrogens (tertiary/aromatic N) is 1. The second-order valence-electron chi connectivity index (χ2n) is 3.36. The van der Waals surface area contributed by atoms with E-state index in [0.29, 0.717) is 5.56 Å². The van der Waals surface area contributed by atoms with E-state index in [1.54, 1.807) is 0 Å². The van der Waals surface area contributed by atoms with E-state index in [4.69, 9.17) is 5.11 Å². The molecule has 0 saturated heterocycles. The van der Waals surface area contributed by atoms with E-state index in [-0.39, 0.29) is 11.3 Å². The van der Waals surface area contributed by atoms with Gasteiger partial charge >= 0.3 is 5.97 Å². The smallest absolute Gasteiger partial charge is 0.338 e. The molecule has 0 saturated carbocycles. The van der Waals surface area contributed by atoms with Crippen LogP contribution in [0.4, 0.5) is 8.78 Å². The summed E-state index contributed by atoms with van der Waals surface area (Å²) in [6, 6.07) is 6.04. The van der Waals surface area contributed by atoms with Crippen LogP contribution in [0, 0.1) is 11.6 Å². The average molecular weight is 235 g/mol. The molecular formula is C12H7F2NO2. The van der Waals surface area contributed by atoms with Gasteiger partial charge in [-0.25, -0.2) is 13.6 Å². The summed E-state index contributed by atoms with van der Waals surface area (Å²) >= 11 is 0. The van der Waals surface area contributed by atoms with Crippen molar-refractivity contribution in [2.75, 3.05) is 0 Å². The minimum absolute atomic E-state index is 0.110. The number of halogens is 2. The summed E-state index contributed by atoms with van der Waals surface area (Å²) < 4.78 is 25.6. The van der Waals surface area contributed by atoms with E-state index in [1.807, 2.05) is 0 Å². The SMILES string of the molecule is O=C(O)c1cc(F)cnc1-c1ccc(F)cc1. The Kier molecular flexibility index (Phi) is 2.82. The molecule has 1 heterocycles. The van der Waals surface area contributed by atoms with Gasteiger partial charge in [0.2, 0.25) is 0 Å². The van der Waals surface area contributed by atoms with E-state index in [2.05, 4.69) is 4.98 Å². The number of hydrogen-bond donors (Lipinski definition) is 1. The van der Waals surface area contributed by atoms with Gasteiger partial charge in [-0.05, 0) is 30.3 Å². The van der Waals surface area contributed by atoms with Crippen molar-refractivity contribution >= 4 is 5.97 Å². The summed E-state index contributed by atoms with van der Waals surface area (Å²) in [5.74, 6) is -2.45. The van der Waals surface area contributed by atoms with Crippen molar-refractivity contribution in [3.8, 4) is 11.3 Å². The Hall–Kier alpha value is -2.30. The van der Waals surface area contributed by atoms with Crippen LogP contribution in [0.5, 0.6) is 0 Å². The lowest BCUT2D eigenvalue weighted by Gasteiger charge is -2.05. The molecular weight excluding hydrogens is 228 g/mol. The number of aromatic carboxylic acids is 1. The number of pyridine rings is 1. The first-order chi connectivity index (χ1) is 8.08. The number of carbonyl (C=O) groups is 1. The zero-order chi connectivity index (χ0) is 12.4. The van der Waals surface area contributed by atoms with Crippen LogP contribution in [0.25, 0.3) is 11.3 Å². The molecule has 0 aliphatic heterocycles. The van der Waals surface area contributed by atoms with Gasteiger partial charge in [0.05, 0.1) is 17.5 Å². The highest BCUT2D eigenvalue weighted by atomic mass is 19.1. The summed E-state index contributed by atoms with van der Waals surface area (Å²) in [4.78, 5) is 14.7. The average Bonchev–Trinajstić information content (AvgIpc) is 2.30. The third kappa shape index (κ3) is 2.28. The summed E-state index contributed by atoms with van der Waals surface area (Å²) in [6.45, 7) is 0. The Morgan fingerprint density at radius 1 is 1.12 bits per heavy atom. The normalized spacial score (nSPS) is 10.2. The number of carboxylic acid groups (broad SMARTS) is 1. The minimum Gasteiger partial charge on any atom is -0.478 e. The zero-order valence-electron chi connectivity index (χ0n) is 8.52. The Morgan fingerprint density at radius 2 is 1.76 bits per heavy atom. The van der Waals surface area contributed by atoms with Gasteiger partial charge in [-0.1, -0.05) is 0 Å². The molecule has 3 nitrogen and oxygen atoms in total. The van der Waals surface area contributed by atoms with Crippen LogP contribution < -0.4 is 0 Å². The molecule has 86 valence electrons. The van der Waals surface area contributed by atoms with E-state index in [0.717, 1.165) is 12.3 Å². The van der Waals surface area contributed by atoms with Crippen molar-refractivity contribution in [2.45, 2.75) is 0 Å². The maximum atomic E-state index is 12.9. The number of benzene rings is 1. The predicted molar refractivity (Wildman–Crippen MR) is 56.5 cm³/mol. The van der Waals surface area contributed by atoms with Crippen LogP contribution in [0.1, 0.15) is 10.4 Å². The fourth-order valence-electron chi connectivity index (χ4n) is 1.44. The molecule has 0 unspecified atom stereocenters. The predicted octanol–water partition coefficient (Wildman–Crippen LogP) is 2.73. The van der Waals surface area contributed by atoms with Gasteiger partial charge in [0.15, 0.2) is 0 Å². The molecule has 5 heteroatoms. The van der Waals surface area contributed by atoms with Crippen molar-refractivity contribution in [2.24, 2.45) is 0 Å². The van der Waals surface area contributed by atoms with Crippen molar-refractivity contribution < 1.29 is 18.7 Å². The fourth-order valence-corrected chi connectivity index (χ4v) is 1.44. The molecule has 0 radical (unpaired) electrons. The summed E-state index contributed by atoms with van der Waals surface area (Å²) in [6.07, 6.45) is 0.922. The zero-order valence-corrected chi connectivity index (χ0v) is 8.52. The lowest BCUT2D eigenvalue weighted by molar-refractivity contribution is 0.0697. The van der Waals surface area contributed by atoms with Gasteiger partial charge in [-0.3, -0.25) is 4.98 Å². The first kappa shape index (κ1) is 11.2. The molecule has 0 atom stereocenters. The first-order valence-corrected chi connectivity index (χ1v) is 4.72. The van der Waals surface area contributed by atoms with Crippen LogP contribution in [0.3, 0.4) is 0 Å². The molecule has 0 spiro atoms. The van der Waals surface area contributed by atoms with Gasteiger partial charge in [-0.15, -0.1) is 0 Å². The summed E-state index contributed by atoms with van der Waals surface area (Å²) in [7, 11) is 0. The molecule has 1 aromatic carbocycles. The van der Waals surface area contributed by atoms with E-state index >= 15 is 0 Å². The molecule has 2 rings (SSSR count). The summed E-state index contributed by atoms with van der Waals surface area (Å²) in [5, 5.41) is 8.93. The molecule has 0 bridgehead atoms. The largest absolute Gasteiger partial charge is 0.478 e. The van der Waals surface area contributed by atoms with Gasteiger partial charge in [0.25, 0.3) is 0 Å². The monoisotopic (exact) mass is 235 g/mol. The molecule has 0 aliphatic carbocycles. The highest BCUT2D eigenvalue weighted by molar-refractivity contribution is 5.94. The highest BCUT2D eigenvalue weighted by Crippen LogP contribution is 2.22. The number of aromatic nitrogens is 1. The Morgan fingerprint density at radius 3 is 2.35 bits per heavy atom. The van der Waals surface area contributed by atoms with Gasteiger partial charge < -0.3 is 5.11 Å². The van der Waals surface area contributed by atoms with E-state index in [9.17, 15) is 13.6 Å². The van der Waals surface area contributed by atoms with Crippen LogP contribution in [-0.4, -0.2) is 16.1 Å². The maximum Gasteiger partial charge on any atom is 0.338 e. The standard InChI is InChI=1S/C12H7F2NO2/c13-8-3-1-7(2-4-8)11-10(12(16)17)5-9(14)6-15-11/h1-6H,(H,16,17).